The lowest BCUT2D eigenvalue weighted by Crippen LogP contribution is -2.45. The van der Waals surface area contributed by atoms with Crippen LogP contribution in [-0.2, 0) is 11.2 Å². The van der Waals surface area contributed by atoms with E-state index >= 15 is 0 Å². The number of aryl methyl sites for hydroxylation is 2. The van der Waals surface area contributed by atoms with Crippen molar-refractivity contribution < 1.29 is 9.21 Å². The Hall–Kier alpha value is -2.21. The summed E-state index contributed by atoms with van der Waals surface area (Å²) in [4.78, 5) is 12.0. The van der Waals surface area contributed by atoms with Crippen molar-refractivity contribution in [1.29, 1.82) is 0 Å². The first-order valence-corrected chi connectivity index (χ1v) is 8.14. The van der Waals surface area contributed by atoms with E-state index in [1.54, 1.807) is 0 Å². The van der Waals surface area contributed by atoms with Gasteiger partial charge in [0.1, 0.15) is 0 Å². The molecule has 0 radical (unpaired) electrons. The molecule has 0 atom stereocenters. The molecule has 6 heteroatoms. The van der Waals surface area contributed by atoms with Crippen LogP contribution in [-0.4, -0.2) is 34.2 Å². The third kappa shape index (κ3) is 4.39. The van der Waals surface area contributed by atoms with Gasteiger partial charge in [0.15, 0.2) is 0 Å². The lowest BCUT2D eigenvalue weighted by Gasteiger charge is -2.26. The van der Waals surface area contributed by atoms with E-state index < -0.39 is 0 Å². The third-order valence-corrected chi connectivity index (χ3v) is 3.97. The fourth-order valence-electron chi connectivity index (χ4n) is 2.63. The number of carbonyl (C=O) groups excluding carboxylic acids is 1. The Morgan fingerprint density at radius 3 is 2.65 bits per heavy atom. The molecule has 2 aromatic rings. The molecule has 1 aromatic heterocycles. The molecule has 0 saturated carbocycles. The van der Waals surface area contributed by atoms with Crippen LogP contribution in [0.3, 0.4) is 0 Å². The number of nitrogens with one attached hydrogen (secondary N) is 1. The highest BCUT2D eigenvalue weighted by atomic mass is 16.4. The molecule has 1 saturated heterocycles. The zero-order valence-corrected chi connectivity index (χ0v) is 13.4. The number of hydrogen-bond acceptors (Lipinski definition) is 5. The lowest BCUT2D eigenvalue weighted by molar-refractivity contribution is -0.126. The van der Waals surface area contributed by atoms with Gasteiger partial charge in [-0.25, -0.2) is 5.01 Å². The molecule has 1 amide bonds. The van der Waals surface area contributed by atoms with Gasteiger partial charge in [0, 0.05) is 31.5 Å². The molecule has 1 aliphatic heterocycles. The van der Waals surface area contributed by atoms with Gasteiger partial charge >= 0.3 is 0 Å². The molecule has 0 spiro atoms. The largest absolute Gasteiger partial charge is 0.421 e. The predicted octanol–water partition coefficient (Wildman–Crippen LogP) is 2.49. The van der Waals surface area contributed by atoms with Crippen LogP contribution in [0.1, 0.15) is 37.1 Å². The van der Waals surface area contributed by atoms with Gasteiger partial charge in [-0.05, 0) is 31.9 Å². The fourth-order valence-corrected chi connectivity index (χ4v) is 2.63. The SMILES string of the molecule is Cc1ccc(-c2nnc(CCC(=O)NN3CCCCC3)o2)cc1. The van der Waals surface area contributed by atoms with Crippen LogP contribution >= 0.6 is 0 Å². The summed E-state index contributed by atoms with van der Waals surface area (Å²) >= 11 is 0. The molecule has 2 heterocycles. The maximum atomic E-state index is 12.0. The Balaban J connectivity index is 1.50. The van der Waals surface area contributed by atoms with Gasteiger partial charge < -0.3 is 4.42 Å². The Morgan fingerprint density at radius 1 is 1.17 bits per heavy atom. The molecule has 0 bridgehead atoms. The lowest BCUT2D eigenvalue weighted by atomic mass is 10.1. The van der Waals surface area contributed by atoms with Crippen LogP contribution in [0.5, 0.6) is 0 Å². The first-order valence-electron chi connectivity index (χ1n) is 8.14. The summed E-state index contributed by atoms with van der Waals surface area (Å²) < 4.78 is 5.63. The predicted molar refractivity (Wildman–Crippen MR) is 86.4 cm³/mol. The number of hydrogen-bond donors (Lipinski definition) is 1. The molecule has 1 aromatic carbocycles. The number of amides is 1. The molecule has 1 aliphatic rings. The summed E-state index contributed by atoms with van der Waals surface area (Å²) in [5.41, 5.74) is 5.02. The van der Waals surface area contributed by atoms with Crippen molar-refractivity contribution in [3.05, 3.63) is 35.7 Å². The Labute approximate surface area is 135 Å². The standard InChI is InChI=1S/C17H22N4O2/c1-13-5-7-14(8-6-13)17-19-18-16(23-17)10-9-15(22)20-21-11-3-2-4-12-21/h5-8H,2-4,9-12H2,1H3,(H,20,22). The van der Waals surface area contributed by atoms with Crippen LogP contribution in [0.15, 0.2) is 28.7 Å². The summed E-state index contributed by atoms with van der Waals surface area (Å²) in [5, 5.41) is 10.1. The van der Waals surface area contributed by atoms with Crippen molar-refractivity contribution in [2.45, 2.75) is 39.0 Å². The third-order valence-electron chi connectivity index (χ3n) is 3.97. The van der Waals surface area contributed by atoms with Gasteiger partial charge in [-0.1, -0.05) is 24.1 Å². The quantitative estimate of drug-likeness (QED) is 0.918. The monoisotopic (exact) mass is 314 g/mol. The smallest absolute Gasteiger partial charge is 0.247 e. The van der Waals surface area contributed by atoms with E-state index in [4.69, 9.17) is 4.42 Å². The van der Waals surface area contributed by atoms with Crippen molar-refractivity contribution in [2.24, 2.45) is 0 Å². The second-order valence-electron chi connectivity index (χ2n) is 5.95. The minimum absolute atomic E-state index is 0.00184. The van der Waals surface area contributed by atoms with Crippen LogP contribution in [0.2, 0.25) is 0 Å². The molecule has 3 rings (SSSR count). The van der Waals surface area contributed by atoms with Gasteiger partial charge in [-0.3, -0.25) is 10.2 Å². The van der Waals surface area contributed by atoms with Crippen molar-refractivity contribution in [2.75, 3.05) is 13.1 Å². The first-order chi connectivity index (χ1) is 11.2. The van der Waals surface area contributed by atoms with Crippen LogP contribution in [0, 0.1) is 6.92 Å². The molecular formula is C17H22N4O2. The van der Waals surface area contributed by atoms with E-state index in [2.05, 4.69) is 15.6 Å². The van der Waals surface area contributed by atoms with E-state index in [9.17, 15) is 4.79 Å². The Bertz CT molecular complexity index is 645. The van der Waals surface area contributed by atoms with E-state index in [1.807, 2.05) is 36.2 Å². The Morgan fingerprint density at radius 2 is 1.91 bits per heavy atom. The van der Waals surface area contributed by atoms with Gasteiger partial charge in [0.05, 0.1) is 0 Å². The minimum atomic E-state index is 0.00184. The van der Waals surface area contributed by atoms with Crippen molar-refractivity contribution in [3.8, 4) is 11.5 Å². The van der Waals surface area contributed by atoms with E-state index in [0.29, 0.717) is 24.6 Å². The molecule has 0 unspecified atom stereocenters. The van der Waals surface area contributed by atoms with Crippen molar-refractivity contribution >= 4 is 5.91 Å². The average molecular weight is 314 g/mol. The average Bonchev–Trinajstić information content (AvgIpc) is 3.04. The van der Waals surface area contributed by atoms with E-state index in [1.165, 1.54) is 12.0 Å². The number of hydrazine groups is 1. The van der Waals surface area contributed by atoms with E-state index in [0.717, 1.165) is 31.5 Å². The van der Waals surface area contributed by atoms with E-state index in [-0.39, 0.29) is 5.91 Å². The number of benzene rings is 1. The van der Waals surface area contributed by atoms with Gasteiger partial charge in [-0.2, -0.15) is 0 Å². The molecule has 122 valence electrons. The summed E-state index contributed by atoms with van der Waals surface area (Å²) in [6.07, 6.45) is 4.34. The first kappa shape index (κ1) is 15.7. The van der Waals surface area contributed by atoms with Crippen molar-refractivity contribution in [3.63, 3.8) is 0 Å². The molecule has 1 fully saturated rings. The zero-order valence-electron chi connectivity index (χ0n) is 13.4. The second-order valence-corrected chi connectivity index (χ2v) is 5.95. The molecule has 0 aliphatic carbocycles. The summed E-state index contributed by atoms with van der Waals surface area (Å²) in [6, 6.07) is 7.92. The maximum absolute atomic E-state index is 12.0. The number of aromatic nitrogens is 2. The van der Waals surface area contributed by atoms with Gasteiger partial charge in [0.25, 0.3) is 0 Å². The summed E-state index contributed by atoms with van der Waals surface area (Å²) in [5.74, 6) is 0.993. The van der Waals surface area contributed by atoms with Crippen molar-refractivity contribution in [1.82, 2.24) is 20.6 Å². The highest BCUT2D eigenvalue weighted by Crippen LogP contribution is 2.18. The maximum Gasteiger partial charge on any atom is 0.247 e. The van der Waals surface area contributed by atoms with Gasteiger partial charge in [-0.15, -0.1) is 10.2 Å². The summed E-state index contributed by atoms with van der Waals surface area (Å²) in [7, 11) is 0. The number of piperidine rings is 1. The highest BCUT2D eigenvalue weighted by molar-refractivity contribution is 5.75. The number of rotatable bonds is 5. The van der Waals surface area contributed by atoms with Crippen LogP contribution < -0.4 is 5.43 Å². The Kier molecular flexibility index (Phi) is 5.02. The fraction of sp³-hybridized carbons (Fsp3) is 0.471. The normalized spacial score (nSPS) is 15.5. The molecule has 1 N–H and O–H groups in total. The minimum Gasteiger partial charge on any atom is -0.421 e. The molecular weight excluding hydrogens is 292 g/mol. The zero-order chi connectivity index (χ0) is 16.1. The second kappa shape index (κ2) is 7.37. The van der Waals surface area contributed by atoms with Crippen LogP contribution in [0.25, 0.3) is 11.5 Å². The van der Waals surface area contributed by atoms with Crippen LogP contribution in [0.4, 0.5) is 0 Å². The molecule has 23 heavy (non-hydrogen) atoms. The highest BCUT2D eigenvalue weighted by Gasteiger charge is 2.14. The summed E-state index contributed by atoms with van der Waals surface area (Å²) in [6.45, 7) is 3.90. The molecule has 6 nitrogen and oxygen atoms in total. The van der Waals surface area contributed by atoms with Gasteiger partial charge in [0.2, 0.25) is 17.7 Å². The number of carbonyl (C=O) groups is 1. The topological polar surface area (TPSA) is 71.3 Å². The number of nitrogens with zero attached hydrogens (tertiary/aromatic N) is 3.